The molecule has 1 saturated carbocycles. The van der Waals surface area contributed by atoms with E-state index >= 15 is 0 Å². The maximum absolute atomic E-state index is 13.9. The molecular weight excluding hydrogens is 331 g/mol. The van der Waals surface area contributed by atoms with Gasteiger partial charge in [0.05, 0.1) is 0 Å². The van der Waals surface area contributed by atoms with Crippen LogP contribution in [0.2, 0.25) is 0 Å². The molecule has 1 fully saturated rings. The molecule has 0 radical (unpaired) electrons. The summed E-state index contributed by atoms with van der Waals surface area (Å²) in [7, 11) is -4.03. The first kappa shape index (κ1) is 18.6. The molecule has 1 aromatic carbocycles. The first-order chi connectivity index (χ1) is 11.3. The van der Waals surface area contributed by atoms with Crippen LogP contribution in [0.15, 0.2) is 35.7 Å². The van der Waals surface area contributed by atoms with Crippen LogP contribution in [0.25, 0.3) is 0 Å². The number of carbonyl (C=O) groups excluding carboxylic acids is 1. The second-order valence-corrected chi connectivity index (χ2v) is 7.86. The molecule has 1 aliphatic carbocycles. The van der Waals surface area contributed by atoms with Gasteiger partial charge in [-0.25, -0.2) is 17.5 Å². The van der Waals surface area contributed by atoms with Gasteiger partial charge >= 0.3 is 0 Å². The molecule has 0 saturated heterocycles. The van der Waals surface area contributed by atoms with E-state index in [4.69, 9.17) is 0 Å². The molecular formula is C17H23FN2O3S. The second kappa shape index (κ2) is 7.90. The van der Waals surface area contributed by atoms with Crippen molar-refractivity contribution in [3.8, 4) is 0 Å². The zero-order valence-corrected chi connectivity index (χ0v) is 14.5. The molecule has 0 spiro atoms. The SMILES string of the molecule is C=CCNS(=O)(=O)c1cc(C(=O)NC2CCCCC2C)ccc1F. The number of sulfonamides is 1. The van der Waals surface area contributed by atoms with Crippen molar-refractivity contribution in [1.29, 1.82) is 0 Å². The Labute approximate surface area is 142 Å². The van der Waals surface area contributed by atoms with Crippen LogP contribution in [-0.4, -0.2) is 26.9 Å². The number of hydrogen-bond acceptors (Lipinski definition) is 3. The first-order valence-corrected chi connectivity index (χ1v) is 9.54. The van der Waals surface area contributed by atoms with Crippen LogP contribution < -0.4 is 10.0 Å². The van der Waals surface area contributed by atoms with E-state index in [9.17, 15) is 17.6 Å². The molecule has 7 heteroatoms. The number of carbonyl (C=O) groups is 1. The largest absolute Gasteiger partial charge is 0.349 e. The molecule has 0 aliphatic heterocycles. The average molecular weight is 354 g/mol. The van der Waals surface area contributed by atoms with Crippen LogP contribution in [0.3, 0.4) is 0 Å². The number of rotatable bonds is 6. The van der Waals surface area contributed by atoms with Crippen LogP contribution in [0, 0.1) is 11.7 Å². The van der Waals surface area contributed by atoms with Crippen molar-refractivity contribution >= 4 is 15.9 Å². The van der Waals surface area contributed by atoms with Crippen molar-refractivity contribution in [2.45, 2.75) is 43.5 Å². The van der Waals surface area contributed by atoms with Gasteiger partial charge in [-0.05, 0) is 37.0 Å². The summed E-state index contributed by atoms with van der Waals surface area (Å²) in [5.41, 5.74) is 0.133. The zero-order valence-electron chi connectivity index (χ0n) is 13.7. The first-order valence-electron chi connectivity index (χ1n) is 8.06. The fourth-order valence-electron chi connectivity index (χ4n) is 2.88. The Morgan fingerprint density at radius 1 is 1.38 bits per heavy atom. The van der Waals surface area contributed by atoms with Gasteiger partial charge in [-0.15, -0.1) is 6.58 Å². The maximum Gasteiger partial charge on any atom is 0.251 e. The third kappa shape index (κ3) is 4.42. The van der Waals surface area contributed by atoms with Gasteiger partial charge in [0.2, 0.25) is 10.0 Å². The molecule has 1 amide bonds. The normalized spacial score (nSPS) is 21.2. The second-order valence-electron chi connectivity index (χ2n) is 6.13. The van der Waals surface area contributed by atoms with E-state index in [0.717, 1.165) is 37.8 Å². The van der Waals surface area contributed by atoms with Gasteiger partial charge in [-0.2, -0.15) is 0 Å². The number of benzene rings is 1. The number of hydrogen-bond donors (Lipinski definition) is 2. The van der Waals surface area contributed by atoms with Gasteiger partial charge < -0.3 is 5.32 Å². The highest BCUT2D eigenvalue weighted by Crippen LogP contribution is 2.24. The fourth-order valence-corrected chi connectivity index (χ4v) is 3.98. The fraction of sp³-hybridized carbons (Fsp3) is 0.471. The lowest BCUT2D eigenvalue weighted by molar-refractivity contribution is 0.0910. The molecule has 5 nitrogen and oxygen atoms in total. The summed E-state index contributed by atoms with van der Waals surface area (Å²) in [6.07, 6.45) is 5.53. The van der Waals surface area contributed by atoms with Crippen molar-refractivity contribution < 1.29 is 17.6 Å². The predicted molar refractivity (Wildman–Crippen MR) is 90.7 cm³/mol. The summed E-state index contributed by atoms with van der Waals surface area (Å²) in [5.74, 6) is -0.899. The quantitative estimate of drug-likeness (QED) is 0.771. The molecule has 2 atom stereocenters. The maximum atomic E-state index is 13.9. The molecule has 132 valence electrons. The summed E-state index contributed by atoms with van der Waals surface area (Å²) in [5, 5.41) is 2.93. The van der Waals surface area contributed by atoms with Gasteiger partial charge in [0, 0.05) is 18.2 Å². The van der Waals surface area contributed by atoms with E-state index < -0.39 is 20.7 Å². The Bertz CT molecular complexity index is 719. The minimum Gasteiger partial charge on any atom is -0.349 e. The minimum atomic E-state index is -4.03. The Hall–Kier alpha value is -1.73. The van der Waals surface area contributed by atoms with E-state index in [1.807, 2.05) is 0 Å². The van der Waals surface area contributed by atoms with E-state index in [1.54, 1.807) is 0 Å². The molecule has 1 aromatic rings. The summed E-state index contributed by atoms with van der Waals surface area (Å²) in [6, 6.07) is 3.44. The number of nitrogens with one attached hydrogen (secondary N) is 2. The molecule has 0 aromatic heterocycles. The van der Waals surface area contributed by atoms with Gasteiger partial charge in [0.25, 0.3) is 5.91 Å². The lowest BCUT2D eigenvalue weighted by Gasteiger charge is -2.29. The van der Waals surface area contributed by atoms with Gasteiger partial charge in [0.15, 0.2) is 0 Å². The van der Waals surface area contributed by atoms with E-state index in [1.165, 1.54) is 12.1 Å². The van der Waals surface area contributed by atoms with Crippen LogP contribution in [-0.2, 0) is 10.0 Å². The molecule has 2 unspecified atom stereocenters. The van der Waals surface area contributed by atoms with Crippen molar-refractivity contribution in [2.75, 3.05) is 6.54 Å². The Balaban J connectivity index is 2.20. The topological polar surface area (TPSA) is 75.3 Å². The van der Waals surface area contributed by atoms with Crippen molar-refractivity contribution in [3.05, 3.63) is 42.2 Å². The molecule has 0 bridgehead atoms. The summed E-state index contributed by atoms with van der Waals surface area (Å²) in [4.78, 5) is 11.9. The van der Waals surface area contributed by atoms with E-state index in [-0.39, 0.29) is 24.1 Å². The van der Waals surface area contributed by atoms with Crippen LogP contribution in [0.4, 0.5) is 4.39 Å². The zero-order chi connectivity index (χ0) is 17.7. The Morgan fingerprint density at radius 3 is 2.75 bits per heavy atom. The number of amides is 1. The smallest absolute Gasteiger partial charge is 0.251 e. The average Bonchev–Trinajstić information content (AvgIpc) is 2.55. The standard InChI is InChI=1S/C17H23FN2O3S/c1-3-10-19-24(22,23)16-11-13(8-9-14(16)18)17(21)20-15-7-5-4-6-12(15)2/h3,8-9,11-12,15,19H,1,4-7,10H2,2H3,(H,20,21). The molecule has 24 heavy (non-hydrogen) atoms. The van der Waals surface area contributed by atoms with Crippen LogP contribution in [0.5, 0.6) is 0 Å². The minimum absolute atomic E-state index is 0.0161. The Kier molecular flexibility index (Phi) is 6.12. The van der Waals surface area contributed by atoms with Crippen LogP contribution >= 0.6 is 0 Å². The van der Waals surface area contributed by atoms with Crippen molar-refractivity contribution in [3.63, 3.8) is 0 Å². The lowest BCUT2D eigenvalue weighted by Crippen LogP contribution is -2.41. The highest BCUT2D eigenvalue weighted by Gasteiger charge is 2.25. The van der Waals surface area contributed by atoms with E-state index in [2.05, 4.69) is 23.5 Å². The lowest BCUT2D eigenvalue weighted by atomic mass is 9.86. The summed E-state index contributed by atoms with van der Waals surface area (Å²) >= 11 is 0. The van der Waals surface area contributed by atoms with Crippen molar-refractivity contribution in [1.82, 2.24) is 10.0 Å². The molecule has 1 aliphatic rings. The van der Waals surface area contributed by atoms with E-state index in [0.29, 0.717) is 5.92 Å². The predicted octanol–water partition coefficient (Wildman–Crippen LogP) is 2.60. The number of halogens is 1. The summed E-state index contributed by atoms with van der Waals surface area (Å²) in [6.45, 7) is 5.48. The summed E-state index contributed by atoms with van der Waals surface area (Å²) < 4.78 is 40.3. The third-order valence-electron chi connectivity index (χ3n) is 4.33. The Morgan fingerprint density at radius 2 is 2.08 bits per heavy atom. The van der Waals surface area contributed by atoms with Crippen LogP contribution in [0.1, 0.15) is 43.0 Å². The molecule has 2 N–H and O–H groups in total. The molecule has 0 heterocycles. The van der Waals surface area contributed by atoms with Gasteiger partial charge in [-0.1, -0.05) is 25.8 Å². The third-order valence-corrected chi connectivity index (χ3v) is 5.77. The van der Waals surface area contributed by atoms with Gasteiger partial charge in [-0.3, -0.25) is 4.79 Å². The van der Waals surface area contributed by atoms with Crippen molar-refractivity contribution in [2.24, 2.45) is 5.92 Å². The molecule has 2 rings (SSSR count). The highest BCUT2D eigenvalue weighted by atomic mass is 32.2. The highest BCUT2D eigenvalue weighted by molar-refractivity contribution is 7.89. The van der Waals surface area contributed by atoms with Gasteiger partial charge in [0.1, 0.15) is 10.7 Å². The monoisotopic (exact) mass is 354 g/mol.